The molecule has 0 aliphatic heterocycles. The molecule has 0 bridgehead atoms. The molecular weight excluding hydrogens is 336 g/mol. The lowest BCUT2D eigenvalue weighted by Crippen LogP contribution is -1.97. The molecule has 0 unspecified atom stereocenters. The maximum absolute atomic E-state index is 11.6. The van der Waals surface area contributed by atoms with E-state index in [0.717, 1.165) is 28.4 Å². The van der Waals surface area contributed by atoms with E-state index in [9.17, 15) is 9.90 Å². The van der Waals surface area contributed by atoms with Gasteiger partial charge in [-0.1, -0.05) is 36.9 Å². The molecule has 0 fully saturated rings. The minimum Gasteiger partial charge on any atom is -0.490 e. The number of nitrogens with zero attached hydrogens (tertiary/aromatic N) is 1. The largest absolute Gasteiger partial charge is 0.490 e. The normalized spacial score (nSPS) is 11.4. The molecule has 6 heteroatoms. The third-order valence-corrected chi connectivity index (χ3v) is 4.21. The van der Waals surface area contributed by atoms with Crippen LogP contribution in [0.1, 0.15) is 5.56 Å². The maximum atomic E-state index is 11.6. The van der Waals surface area contributed by atoms with Gasteiger partial charge in [0.05, 0.1) is 11.0 Å². The van der Waals surface area contributed by atoms with Crippen LogP contribution in [-0.2, 0) is 4.79 Å². The van der Waals surface area contributed by atoms with Gasteiger partial charge in [0.1, 0.15) is 17.3 Å². The van der Waals surface area contributed by atoms with Gasteiger partial charge in [-0.25, -0.2) is 9.78 Å². The fourth-order valence-corrected chi connectivity index (χ4v) is 3.01. The zero-order valence-corrected chi connectivity index (χ0v) is 14.1. The Hall–Kier alpha value is -2.99. The first kappa shape index (κ1) is 16.9. The topological polar surface area (TPSA) is 75.2 Å². The number of imidazole rings is 1. The number of aromatic nitrogens is 2. The number of para-hydroxylation sites is 2. The smallest absolute Gasteiger partial charge is 0.342 e. The van der Waals surface area contributed by atoms with Gasteiger partial charge in [0, 0.05) is 0 Å². The highest BCUT2D eigenvalue weighted by atomic mass is 32.2. The number of carbonyl (C=O) groups is 1. The number of thioether (sulfide) groups is 1. The van der Waals surface area contributed by atoms with E-state index in [2.05, 4.69) is 16.5 Å². The second kappa shape index (κ2) is 7.72. The molecule has 3 aromatic rings. The summed E-state index contributed by atoms with van der Waals surface area (Å²) in [6.45, 7) is 4.00. The van der Waals surface area contributed by atoms with Crippen LogP contribution in [0, 0.1) is 0 Å². The first-order chi connectivity index (χ1) is 12.2. The van der Waals surface area contributed by atoms with Crippen molar-refractivity contribution in [2.24, 2.45) is 0 Å². The standard InChI is InChI=1S/C19H16N2O3S/c1-2-10-24-14-7-5-6-13(11-14)12-17(18(22)23)25-19-20-15-8-3-4-9-16(15)21-19/h2-9,11-12H,1,10H2,(H,20,21)(H,22,23)/b17-12-. The number of rotatable bonds is 7. The molecule has 0 atom stereocenters. The van der Waals surface area contributed by atoms with Gasteiger partial charge in [0.15, 0.2) is 5.16 Å². The number of aliphatic carboxylic acids is 1. The molecule has 0 radical (unpaired) electrons. The molecule has 3 rings (SSSR count). The first-order valence-electron chi connectivity index (χ1n) is 7.57. The molecule has 0 amide bonds. The number of aromatic amines is 1. The van der Waals surface area contributed by atoms with E-state index < -0.39 is 5.97 Å². The molecule has 2 N–H and O–H groups in total. The van der Waals surface area contributed by atoms with Crippen molar-refractivity contribution in [1.29, 1.82) is 0 Å². The first-order valence-corrected chi connectivity index (χ1v) is 8.39. The summed E-state index contributed by atoms with van der Waals surface area (Å²) in [4.78, 5) is 19.3. The van der Waals surface area contributed by atoms with Crippen LogP contribution >= 0.6 is 11.8 Å². The van der Waals surface area contributed by atoms with E-state index >= 15 is 0 Å². The summed E-state index contributed by atoms with van der Waals surface area (Å²) in [6.07, 6.45) is 3.25. The van der Waals surface area contributed by atoms with Crippen molar-refractivity contribution in [3.8, 4) is 5.75 Å². The summed E-state index contributed by atoms with van der Waals surface area (Å²) in [5.74, 6) is -0.352. The minimum absolute atomic E-state index is 0.167. The summed E-state index contributed by atoms with van der Waals surface area (Å²) in [6, 6.07) is 14.8. The zero-order chi connectivity index (χ0) is 17.6. The Morgan fingerprint density at radius 1 is 1.28 bits per heavy atom. The van der Waals surface area contributed by atoms with Crippen LogP contribution in [-0.4, -0.2) is 27.7 Å². The summed E-state index contributed by atoms with van der Waals surface area (Å²) in [5, 5.41) is 10.0. The Bertz CT molecular complexity index is 914. The number of hydrogen-bond donors (Lipinski definition) is 2. The molecule has 1 heterocycles. The maximum Gasteiger partial charge on any atom is 0.342 e. The fraction of sp³-hybridized carbons (Fsp3) is 0.0526. The number of benzene rings is 2. The molecule has 5 nitrogen and oxygen atoms in total. The van der Waals surface area contributed by atoms with Gasteiger partial charge < -0.3 is 14.8 Å². The Kier molecular flexibility index (Phi) is 5.20. The Balaban J connectivity index is 1.86. The van der Waals surface area contributed by atoms with Crippen LogP contribution in [0.5, 0.6) is 5.75 Å². The Morgan fingerprint density at radius 2 is 2.12 bits per heavy atom. The van der Waals surface area contributed by atoms with E-state index in [0.29, 0.717) is 17.5 Å². The average Bonchev–Trinajstić information content (AvgIpc) is 3.02. The van der Waals surface area contributed by atoms with Gasteiger partial charge in [0.2, 0.25) is 0 Å². The van der Waals surface area contributed by atoms with E-state index in [1.807, 2.05) is 42.5 Å². The highest BCUT2D eigenvalue weighted by Crippen LogP contribution is 2.28. The Labute approximate surface area is 149 Å². The number of carboxylic acids is 1. The van der Waals surface area contributed by atoms with Crippen molar-refractivity contribution in [1.82, 2.24) is 9.97 Å². The zero-order valence-electron chi connectivity index (χ0n) is 13.3. The van der Waals surface area contributed by atoms with Gasteiger partial charge in [-0.2, -0.15) is 0 Å². The van der Waals surface area contributed by atoms with Gasteiger partial charge in [-0.15, -0.1) is 0 Å². The molecular formula is C19H16N2O3S. The third kappa shape index (κ3) is 4.30. The average molecular weight is 352 g/mol. The summed E-state index contributed by atoms with van der Waals surface area (Å²) < 4.78 is 5.48. The summed E-state index contributed by atoms with van der Waals surface area (Å²) in [5.41, 5.74) is 2.41. The lowest BCUT2D eigenvalue weighted by Gasteiger charge is -2.05. The van der Waals surface area contributed by atoms with Gasteiger partial charge in [0.25, 0.3) is 0 Å². The van der Waals surface area contributed by atoms with Crippen LogP contribution in [0.25, 0.3) is 17.1 Å². The predicted molar refractivity (Wildman–Crippen MR) is 99.7 cm³/mol. The van der Waals surface area contributed by atoms with E-state index in [1.165, 1.54) is 0 Å². The number of hydrogen-bond acceptors (Lipinski definition) is 4. The van der Waals surface area contributed by atoms with E-state index in [1.54, 1.807) is 18.2 Å². The highest BCUT2D eigenvalue weighted by Gasteiger charge is 2.13. The number of H-pyrrole nitrogens is 1. The molecule has 25 heavy (non-hydrogen) atoms. The van der Waals surface area contributed by atoms with Crippen molar-refractivity contribution >= 4 is 34.8 Å². The van der Waals surface area contributed by atoms with Crippen molar-refractivity contribution in [3.63, 3.8) is 0 Å². The van der Waals surface area contributed by atoms with Gasteiger partial charge in [-0.3, -0.25) is 0 Å². The summed E-state index contributed by atoms with van der Waals surface area (Å²) >= 11 is 1.08. The molecule has 0 aliphatic rings. The quantitative estimate of drug-likeness (QED) is 0.376. The van der Waals surface area contributed by atoms with Crippen molar-refractivity contribution in [3.05, 3.63) is 71.7 Å². The highest BCUT2D eigenvalue weighted by molar-refractivity contribution is 8.04. The summed E-state index contributed by atoms with van der Waals surface area (Å²) in [7, 11) is 0. The van der Waals surface area contributed by atoms with Crippen LogP contribution in [0.15, 0.2) is 71.2 Å². The number of nitrogens with one attached hydrogen (secondary N) is 1. The van der Waals surface area contributed by atoms with Crippen LogP contribution in [0.4, 0.5) is 0 Å². The molecule has 2 aromatic carbocycles. The SMILES string of the molecule is C=CCOc1cccc(/C=C(\Sc2nc3ccccc3[nH]2)C(=O)O)c1. The fourth-order valence-electron chi connectivity index (χ4n) is 2.22. The molecule has 0 aliphatic carbocycles. The van der Waals surface area contributed by atoms with E-state index in [4.69, 9.17) is 4.74 Å². The van der Waals surface area contributed by atoms with Gasteiger partial charge >= 0.3 is 5.97 Å². The number of ether oxygens (including phenoxy) is 1. The van der Waals surface area contributed by atoms with Crippen molar-refractivity contribution in [2.75, 3.05) is 6.61 Å². The lowest BCUT2D eigenvalue weighted by molar-refractivity contribution is -0.131. The predicted octanol–water partition coefficient (Wildman–Crippen LogP) is 4.35. The molecule has 0 saturated carbocycles. The third-order valence-electron chi connectivity index (χ3n) is 3.31. The van der Waals surface area contributed by atoms with Crippen molar-refractivity contribution in [2.45, 2.75) is 5.16 Å². The molecule has 126 valence electrons. The minimum atomic E-state index is -1.01. The molecule has 1 aromatic heterocycles. The second-order valence-corrected chi connectivity index (χ2v) is 6.18. The Morgan fingerprint density at radius 3 is 2.88 bits per heavy atom. The monoisotopic (exact) mass is 352 g/mol. The van der Waals surface area contributed by atoms with Crippen LogP contribution in [0.2, 0.25) is 0 Å². The van der Waals surface area contributed by atoms with Crippen LogP contribution in [0.3, 0.4) is 0 Å². The van der Waals surface area contributed by atoms with Crippen LogP contribution < -0.4 is 4.74 Å². The number of carboxylic acid groups (broad SMARTS) is 1. The second-order valence-electron chi connectivity index (χ2n) is 5.15. The molecule has 0 spiro atoms. The molecule has 0 saturated heterocycles. The van der Waals surface area contributed by atoms with Crippen molar-refractivity contribution < 1.29 is 14.6 Å². The number of fused-ring (bicyclic) bond motifs is 1. The van der Waals surface area contributed by atoms with Gasteiger partial charge in [-0.05, 0) is 47.7 Å². The lowest BCUT2D eigenvalue weighted by atomic mass is 10.2. The van der Waals surface area contributed by atoms with E-state index in [-0.39, 0.29) is 4.91 Å².